The van der Waals surface area contributed by atoms with E-state index in [2.05, 4.69) is 13.0 Å². The van der Waals surface area contributed by atoms with Gasteiger partial charge in [0, 0.05) is 11.5 Å². The zero-order chi connectivity index (χ0) is 12.8. The molecule has 0 radical (unpaired) electrons. The van der Waals surface area contributed by atoms with Gasteiger partial charge in [0.2, 0.25) is 0 Å². The van der Waals surface area contributed by atoms with Gasteiger partial charge in [0.1, 0.15) is 5.75 Å². The fraction of sp³-hybridized carbons (Fsp3) is 0.625. The summed E-state index contributed by atoms with van der Waals surface area (Å²) >= 11 is 0. The van der Waals surface area contributed by atoms with E-state index < -0.39 is 0 Å². The SMILES string of the molecule is C[C@@]12CCCCC[C@@H](Cc3ccc(O)cc31)C2N. The summed E-state index contributed by atoms with van der Waals surface area (Å²) in [6.07, 6.45) is 7.41. The molecule has 1 aromatic rings. The van der Waals surface area contributed by atoms with Gasteiger partial charge in [-0.3, -0.25) is 0 Å². The van der Waals surface area contributed by atoms with E-state index in [0.717, 1.165) is 12.8 Å². The molecule has 2 heteroatoms. The summed E-state index contributed by atoms with van der Waals surface area (Å²) in [5.41, 5.74) is 9.33. The van der Waals surface area contributed by atoms with E-state index in [1.165, 1.54) is 36.8 Å². The molecule has 2 aliphatic rings. The van der Waals surface area contributed by atoms with Crippen molar-refractivity contribution in [3.05, 3.63) is 29.3 Å². The first-order valence-electron chi connectivity index (χ1n) is 7.19. The second kappa shape index (κ2) is 4.27. The molecule has 0 saturated heterocycles. The molecule has 3 N–H and O–H groups in total. The molecule has 1 aromatic carbocycles. The monoisotopic (exact) mass is 245 g/mol. The van der Waals surface area contributed by atoms with E-state index in [4.69, 9.17) is 5.73 Å². The van der Waals surface area contributed by atoms with E-state index >= 15 is 0 Å². The molecule has 0 spiro atoms. The van der Waals surface area contributed by atoms with Gasteiger partial charge in [-0.1, -0.05) is 32.3 Å². The van der Waals surface area contributed by atoms with Crippen LogP contribution >= 0.6 is 0 Å². The van der Waals surface area contributed by atoms with E-state index in [1.54, 1.807) is 0 Å². The molecule has 0 aliphatic heterocycles. The fourth-order valence-electron chi connectivity index (χ4n) is 4.04. The molecule has 2 aliphatic carbocycles. The molecule has 3 rings (SSSR count). The van der Waals surface area contributed by atoms with Gasteiger partial charge in [-0.05, 0) is 48.4 Å². The summed E-state index contributed by atoms with van der Waals surface area (Å²) in [5.74, 6) is 0.995. The van der Waals surface area contributed by atoms with Gasteiger partial charge in [-0.2, -0.15) is 0 Å². The lowest BCUT2D eigenvalue weighted by molar-refractivity contribution is 0.201. The first-order valence-corrected chi connectivity index (χ1v) is 7.19. The number of hydrogen-bond donors (Lipinski definition) is 2. The van der Waals surface area contributed by atoms with Crippen LogP contribution in [0.5, 0.6) is 5.75 Å². The zero-order valence-electron chi connectivity index (χ0n) is 11.2. The Labute approximate surface area is 109 Å². The Morgan fingerprint density at radius 3 is 2.94 bits per heavy atom. The van der Waals surface area contributed by atoms with Crippen molar-refractivity contribution in [2.75, 3.05) is 0 Å². The number of hydrogen-bond acceptors (Lipinski definition) is 2. The topological polar surface area (TPSA) is 46.2 Å². The number of rotatable bonds is 0. The minimum absolute atomic E-state index is 0.0530. The highest BCUT2D eigenvalue weighted by Gasteiger charge is 2.43. The highest BCUT2D eigenvalue weighted by Crippen LogP contribution is 2.46. The molecular formula is C16H23NO. The summed E-state index contributed by atoms with van der Waals surface area (Å²) in [6, 6.07) is 6.11. The summed E-state index contributed by atoms with van der Waals surface area (Å²) < 4.78 is 0. The Morgan fingerprint density at radius 1 is 1.28 bits per heavy atom. The van der Waals surface area contributed by atoms with Crippen LogP contribution in [0.15, 0.2) is 18.2 Å². The molecule has 2 nitrogen and oxygen atoms in total. The van der Waals surface area contributed by atoms with Gasteiger partial charge in [0.15, 0.2) is 0 Å². The molecule has 98 valence electrons. The minimum Gasteiger partial charge on any atom is -0.508 e. The van der Waals surface area contributed by atoms with Gasteiger partial charge in [-0.25, -0.2) is 0 Å². The van der Waals surface area contributed by atoms with Gasteiger partial charge in [0.25, 0.3) is 0 Å². The minimum atomic E-state index is 0.0530. The third kappa shape index (κ3) is 1.74. The second-order valence-electron chi connectivity index (χ2n) is 6.35. The number of aromatic hydroxyl groups is 1. The maximum absolute atomic E-state index is 9.77. The molecule has 0 aromatic heterocycles. The lowest BCUT2D eigenvalue weighted by atomic mass is 9.60. The van der Waals surface area contributed by atoms with Crippen LogP contribution in [0.4, 0.5) is 0 Å². The molecule has 0 amide bonds. The summed E-state index contributed by atoms with van der Waals surface area (Å²) in [7, 11) is 0. The zero-order valence-corrected chi connectivity index (χ0v) is 11.2. The van der Waals surface area contributed by atoms with Crippen molar-refractivity contribution in [1.82, 2.24) is 0 Å². The number of nitrogens with two attached hydrogens (primary N) is 1. The lowest BCUT2D eigenvalue weighted by Crippen LogP contribution is -2.52. The predicted molar refractivity (Wildman–Crippen MR) is 73.7 cm³/mol. The lowest BCUT2D eigenvalue weighted by Gasteiger charge is -2.47. The summed E-state index contributed by atoms with van der Waals surface area (Å²) in [4.78, 5) is 0. The Bertz CT molecular complexity index is 456. The Hall–Kier alpha value is -1.02. The summed E-state index contributed by atoms with van der Waals surface area (Å²) in [6.45, 7) is 2.30. The third-order valence-corrected chi connectivity index (χ3v) is 5.21. The second-order valence-corrected chi connectivity index (χ2v) is 6.35. The average molecular weight is 245 g/mol. The standard InChI is InChI=1S/C16H23NO/c1-16-8-4-2-3-5-12(15(16)17)9-11-6-7-13(18)10-14(11)16/h6-7,10,12,15,18H,2-5,8-9,17H2,1H3/t12-,15?,16+/m0/s1. The normalized spacial score (nSPS) is 35.4. The largest absolute Gasteiger partial charge is 0.508 e. The molecule has 1 fully saturated rings. The van der Waals surface area contributed by atoms with Crippen LogP contribution in [0.3, 0.4) is 0 Å². The Morgan fingerprint density at radius 2 is 2.11 bits per heavy atom. The van der Waals surface area contributed by atoms with Crippen LogP contribution in [0.25, 0.3) is 0 Å². The third-order valence-electron chi connectivity index (χ3n) is 5.21. The van der Waals surface area contributed by atoms with Crippen LogP contribution < -0.4 is 5.73 Å². The van der Waals surface area contributed by atoms with Gasteiger partial charge in [-0.15, -0.1) is 0 Å². The van der Waals surface area contributed by atoms with Crippen molar-refractivity contribution in [3.8, 4) is 5.75 Å². The van der Waals surface area contributed by atoms with Gasteiger partial charge in [0.05, 0.1) is 0 Å². The number of phenols is 1. The van der Waals surface area contributed by atoms with Crippen LogP contribution in [-0.4, -0.2) is 11.1 Å². The molecule has 1 unspecified atom stereocenters. The van der Waals surface area contributed by atoms with Crippen molar-refractivity contribution in [2.24, 2.45) is 11.7 Å². The molecule has 0 heterocycles. The number of benzene rings is 1. The summed E-state index contributed by atoms with van der Waals surface area (Å²) in [5, 5.41) is 9.77. The molecule has 18 heavy (non-hydrogen) atoms. The smallest absolute Gasteiger partial charge is 0.115 e. The van der Waals surface area contributed by atoms with Crippen molar-refractivity contribution >= 4 is 0 Å². The van der Waals surface area contributed by atoms with Gasteiger partial charge < -0.3 is 10.8 Å². The Balaban J connectivity index is 2.11. The highest BCUT2D eigenvalue weighted by atomic mass is 16.3. The number of fused-ring (bicyclic) bond motifs is 4. The molecule has 2 bridgehead atoms. The fourth-order valence-corrected chi connectivity index (χ4v) is 4.04. The average Bonchev–Trinajstić information content (AvgIpc) is 2.35. The first kappa shape index (κ1) is 12.0. The highest BCUT2D eigenvalue weighted by molar-refractivity contribution is 5.43. The van der Waals surface area contributed by atoms with Crippen molar-refractivity contribution < 1.29 is 5.11 Å². The quantitative estimate of drug-likeness (QED) is 0.737. The van der Waals surface area contributed by atoms with Crippen LogP contribution in [0, 0.1) is 5.92 Å². The van der Waals surface area contributed by atoms with Crippen molar-refractivity contribution in [2.45, 2.75) is 56.9 Å². The first-order chi connectivity index (χ1) is 8.61. The van der Waals surface area contributed by atoms with Gasteiger partial charge >= 0.3 is 0 Å². The van der Waals surface area contributed by atoms with Crippen LogP contribution in [0.1, 0.15) is 50.2 Å². The van der Waals surface area contributed by atoms with Crippen LogP contribution in [-0.2, 0) is 11.8 Å². The predicted octanol–water partition coefficient (Wildman–Crippen LogP) is 3.11. The maximum Gasteiger partial charge on any atom is 0.115 e. The van der Waals surface area contributed by atoms with E-state index in [9.17, 15) is 5.11 Å². The molecule has 1 saturated carbocycles. The van der Waals surface area contributed by atoms with Crippen molar-refractivity contribution in [3.63, 3.8) is 0 Å². The van der Waals surface area contributed by atoms with Crippen LogP contribution in [0.2, 0.25) is 0 Å². The molecule has 3 atom stereocenters. The van der Waals surface area contributed by atoms with E-state index in [1.807, 2.05) is 12.1 Å². The van der Waals surface area contributed by atoms with Crippen molar-refractivity contribution in [1.29, 1.82) is 0 Å². The Kier molecular flexibility index (Phi) is 2.86. The number of phenolic OH excluding ortho intramolecular Hbond substituents is 1. The molecular weight excluding hydrogens is 222 g/mol. The maximum atomic E-state index is 9.77. The van der Waals surface area contributed by atoms with E-state index in [-0.39, 0.29) is 11.5 Å². The van der Waals surface area contributed by atoms with E-state index in [0.29, 0.717) is 11.7 Å².